The molecule has 3 N–H and O–H groups in total. The van der Waals surface area contributed by atoms with Gasteiger partial charge in [0.15, 0.2) is 11.9 Å². The molecule has 1 heterocycles. The van der Waals surface area contributed by atoms with E-state index in [0.29, 0.717) is 23.4 Å². The molecule has 1 aromatic rings. The standard InChI is InChI=1S/C15H21N3O5/c1-6-16-15(22)18-13(20)10(5)23-14(21)12-7(2)11(9(4)19)8(3)17-12/h10,17H,6H2,1-5H3,(H2,16,18,20,22). The predicted molar refractivity (Wildman–Crippen MR) is 82.4 cm³/mol. The van der Waals surface area contributed by atoms with Gasteiger partial charge in [-0.25, -0.2) is 9.59 Å². The van der Waals surface area contributed by atoms with Gasteiger partial charge in [-0.2, -0.15) is 0 Å². The maximum Gasteiger partial charge on any atom is 0.355 e. The average Bonchev–Trinajstić information content (AvgIpc) is 2.73. The maximum atomic E-state index is 12.1. The zero-order valence-electron chi connectivity index (χ0n) is 13.8. The van der Waals surface area contributed by atoms with Gasteiger partial charge in [-0.3, -0.25) is 14.9 Å². The number of nitrogens with one attached hydrogen (secondary N) is 3. The van der Waals surface area contributed by atoms with E-state index in [1.165, 1.54) is 13.8 Å². The van der Waals surface area contributed by atoms with Crippen LogP contribution >= 0.6 is 0 Å². The molecule has 0 fully saturated rings. The van der Waals surface area contributed by atoms with E-state index >= 15 is 0 Å². The monoisotopic (exact) mass is 323 g/mol. The van der Waals surface area contributed by atoms with Gasteiger partial charge in [0.1, 0.15) is 5.69 Å². The third-order valence-corrected chi connectivity index (χ3v) is 3.22. The van der Waals surface area contributed by atoms with Gasteiger partial charge in [-0.1, -0.05) is 0 Å². The summed E-state index contributed by atoms with van der Waals surface area (Å²) in [6.45, 7) is 8.12. The smallest absolute Gasteiger partial charge is 0.355 e. The molecule has 1 unspecified atom stereocenters. The van der Waals surface area contributed by atoms with E-state index in [2.05, 4.69) is 15.6 Å². The van der Waals surface area contributed by atoms with Crippen LogP contribution in [0.2, 0.25) is 0 Å². The van der Waals surface area contributed by atoms with E-state index in [9.17, 15) is 19.2 Å². The number of rotatable bonds is 5. The first-order chi connectivity index (χ1) is 10.7. The Morgan fingerprint density at radius 2 is 1.83 bits per heavy atom. The van der Waals surface area contributed by atoms with Crippen LogP contribution < -0.4 is 10.6 Å². The molecule has 1 aromatic heterocycles. The lowest BCUT2D eigenvalue weighted by atomic mass is 10.1. The van der Waals surface area contributed by atoms with Crippen molar-refractivity contribution in [2.45, 2.75) is 40.7 Å². The Morgan fingerprint density at radius 3 is 2.30 bits per heavy atom. The van der Waals surface area contributed by atoms with Gasteiger partial charge in [-0.05, 0) is 40.2 Å². The van der Waals surface area contributed by atoms with Crippen molar-refractivity contribution < 1.29 is 23.9 Å². The molecule has 0 aliphatic heterocycles. The number of hydrogen-bond donors (Lipinski definition) is 3. The van der Waals surface area contributed by atoms with Crippen molar-refractivity contribution in [3.05, 3.63) is 22.5 Å². The summed E-state index contributed by atoms with van der Waals surface area (Å²) in [5.41, 5.74) is 1.57. The van der Waals surface area contributed by atoms with Gasteiger partial charge in [0.25, 0.3) is 5.91 Å². The van der Waals surface area contributed by atoms with Gasteiger partial charge in [0.2, 0.25) is 0 Å². The predicted octanol–water partition coefficient (Wildman–Crippen LogP) is 1.23. The zero-order valence-corrected chi connectivity index (χ0v) is 13.8. The fourth-order valence-corrected chi connectivity index (χ4v) is 2.17. The van der Waals surface area contributed by atoms with Crippen molar-refractivity contribution in [3.63, 3.8) is 0 Å². The highest BCUT2D eigenvalue weighted by atomic mass is 16.5. The molecule has 8 nitrogen and oxygen atoms in total. The van der Waals surface area contributed by atoms with E-state index < -0.39 is 24.0 Å². The highest BCUT2D eigenvalue weighted by Gasteiger charge is 2.25. The Morgan fingerprint density at radius 1 is 1.22 bits per heavy atom. The van der Waals surface area contributed by atoms with Crippen LogP contribution in [0.25, 0.3) is 0 Å². The lowest BCUT2D eigenvalue weighted by Crippen LogP contribution is -2.44. The third kappa shape index (κ3) is 4.41. The van der Waals surface area contributed by atoms with Crippen molar-refractivity contribution in [2.75, 3.05) is 6.54 Å². The Bertz CT molecular complexity index is 648. The molecule has 126 valence electrons. The lowest BCUT2D eigenvalue weighted by molar-refractivity contribution is -0.127. The van der Waals surface area contributed by atoms with Crippen molar-refractivity contribution in [1.29, 1.82) is 0 Å². The van der Waals surface area contributed by atoms with Crippen molar-refractivity contribution >= 4 is 23.7 Å². The highest BCUT2D eigenvalue weighted by molar-refractivity contribution is 6.02. The molecule has 0 aliphatic rings. The minimum atomic E-state index is -1.16. The second-order valence-electron chi connectivity index (χ2n) is 5.08. The molecule has 0 spiro atoms. The van der Waals surface area contributed by atoms with E-state index in [1.54, 1.807) is 20.8 Å². The summed E-state index contributed by atoms with van der Waals surface area (Å²) >= 11 is 0. The lowest BCUT2D eigenvalue weighted by Gasteiger charge is -2.12. The van der Waals surface area contributed by atoms with Gasteiger partial charge < -0.3 is 15.0 Å². The summed E-state index contributed by atoms with van der Waals surface area (Å²) in [5.74, 6) is -1.67. The van der Waals surface area contributed by atoms with Gasteiger partial charge >= 0.3 is 12.0 Å². The van der Waals surface area contributed by atoms with Gasteiger partial charge in [0.05, 0.1) is 0 Å². The summed E-state index contributed by atoms with van der Waals surface area (Å²) in [7, 11) is 0. The molecule has 8 heteroatoms. The first-order valence-corrected chi connectivity index (χ1v) is 7.18. The summed E-state index contributed by atoms with van der Waals surface area (Å²) in [6.07, 6.45) is -1.16. The number of esters is 1. The van der Waals surface area contributed by atoms with Crippen molar-refractivity contribution in [2.24, 2.45) is 0 Å². The zero-order chi connectivity index (χ0) is 17.7. The quantitative estimate of drug-likeness (QED) is 0.556. The minimum absolute atomic E-state index is 0.116. The Hall–Kier alpha value is -2.64. The van der Waals surface area contributed by atoms with Crippen LogP contribution in [0.3, 0.4) is 0 Å². The number of ether oxygens (including phenoxy) is 1. The molecule has 3 amide bonds. The van der Waals surface area contributed by atoms with Crippen LogP contribution in [0, 0.1) is 13.8 Å². The molecule has 1 atom stereocenters. The topological polar surface area (TPSA) is 117 Å². The fourth-order valence-electron chi connectivity index (χ4n) is 2.17. The SMILES string of the molecule is CCNC(=O)NC(=O)C(C)OC(=O)c1[nH]c(C)c(C(C)=O)c1C. The van der Waals surface area contributed by atoms with E-state index in [4.69, 9.17) is 4.74 Å². The highest BCUT2D eigenvalue weighted by Crippen LogP contribution is 2.19. The number of urea groups is 1. The molecule has 0 bridgehead atoms. The Labute approximate surface area is 134 Å². The Kier molecular flexibility index (Phi) is 6.06. The number of imide groups is 1. The van der Waals surface area contributed by atoms with Crippen LogP contribution in [0.15, 0.2) is 0 Å². The first-order valence-electron chi connectivity index (χ1n) is 7.18. The molecule has 0 saturated carbocycles. The largest absolute Gasteiger partial charge is 0.448 e. The number of aryl methyl sites for hydroxylation is 1. The Balaban J connectivity index is 2.80. The number of carbonyl (C=O) groups is 4. The summed E-state index contributed by atoms with van der Waals surface area (Å²) < 4.78 is 5.03. The number of aromatic amines is 1. The molecular weight excluding hydrogens is 302 g/mol. The molecule has 1 rings (SSSR count). The minimum Gasteiger partial charge on any atom is -0.448 e. The third-order valence-electron chi connectivity index (χ3n) is 3.22. The molecule has 0 aromatic carbocycles. The van der Waals surface area contributed by atoms with Gasteiger partial charge in [0, 0.05) is 17.8 Å². The number of carbonyl (C=O) groups excluding carboxylic acids is 4. The van der Waals surface area contributed by atoms with E-state index in [1.807, 2.05) is 0 Å². The second-order valence-corrected chi connectivity index (χ2v) is 5.08. The van der Waals surface area contributed by atoms with Crippen LogP contribution in [-0.2, 0) is 9.53 Å². The maximum absolute atomic E-state index is 12.1. The van der Waals surface area contributed by atoms with E-state index in [-0.39, 0.29) is 11.5 Å². The van der Waals surface area contributed by atoms with Crippen molar-refractivity contribution in [1.82, 2.24) is 15.6 Å². The van der Waals surface area contributed by atoms with Crippen LogP contribution in [-0.4, -0.2) is 41.3 Å². The summed E-state index contributed by atoms with van der Waals surface area (Å²) in [4.78, 5) is 49.5. The molecule has 0 saturated heterocycles. The molecule has 0 aliphatic carbocycles. The van der Waals surface area contributed by atoms with Gasteiger partial charge in [-0.15, -0.1) is 0 Å². The summed E-state index contributed by atoms with van der Waals surface area (Å²) in [6, 6.07) is -0.661. The second kappa shape index (κ2) is 7.57. The van der Waals surface area contributed by atoms with Crippen LogP contribution in [0.5, 0.6) is 0 Å². The van der Waals surface area contributed by atoms with E-state index in [0.717, 1.165) is 0 Å². The number of amides is 3. The molecule has 23 heavy (non-hydrogen) atoms. The first kappa shape index (κ1) is 18.4. The van der Waals surface area contributed by atoms with Crippen LogP contribution in [0.4, 0.5) is 4.79 Å². The number of hydrogen-bond acceptors (Lipinski definition) is 5. The molecule has 0 radical (unpaired) electrons. The summed E-state index contributed by atoms with van der Waals surface area (Å²) in [5, 5.41) is 4.45. The number of Topliss-reactive ketones (excluding diaryl/α,β-unsaturated/α-hetero) is 1. The number of H-pyrrole nitrogens is 1. The fraction of sp³-hybridized carbons (Fsp3) is 0.467. The normalized spacial score (nSPS) is 11.5. The number of aromatic nitrogens is 1. The number of ketones is 1. The average molecular weight is 323 g/mol. The molecular formula is C15H21N3O5. The van der Waals surface area contributed by atoms with Crippen molar-refractivity contribution in [3.8, 4) is 0 Å². The van der Waals surface area contributed by atoms with Crippen LogP contribution in [0.1, 0.15) is 52.9 Å².